The zero-order chi connectivity index (χ0) is 17.1. The summed E-state index contributed by atoms with van der Waals surface area (Å²) >= 11 is 0. The Morgan fingerprint density at radius 3 is 1.62 bits per heavy atom. The number of hydrogen-bond acceptors (Lipinski definition) is 2. The van der Waals surface area contributed by atoms with E-state index in [0.717, 1.165) is 36.5 Å². The average Bonchev–Trinajstić information content (AvgIpc) is 2.66. The summed E-state index contributed by atoms with van der Waals surface area (Å²) in [7, 11) is 0. The van der Waals surface area contributed by atoms with Gasteiger partial charge in [-0.3, -0.25) is 0 Å². The van der Waals surface area contributed by atoms with Gasteiger partial charge in [0, 0.05) is 0 Å². The van der Waals surface area contributed by atoms with Gasteiger partial charge in [0.25, 0.3) is 0 Å². The van der Waals surface area contributed by atoms with Crippen LogP contribution in [0.5, 0.6) is 0 Å². The lowest BCUT2D eigenvalue weighted by Crippen LogP contribution is -2.37. The summed E-state index contributed by atoms with van der Waals surface area (Å²) in [6.07, 6.45) is 15.2. The molecule has 0 radical (unpaired) electrons. The van der Waals surface area contributed by atoms with Crippen LogP contribution in [0, 0.1) is 35.5 Å². The van der Waals surface area contributed by atoms with Crippen LogP contribution >= 0.6 is 0 Å². The molecule has 0 spiro atoms. The highest BCUT2D eigenvalue weighted by molar-refractivity contribution is 4.91. The second-order valence-corrected chi connectivity index (χ2v) is 9.29. The number of hydrogen-bond donors (Lipinski definition) is 2. The Bertz CT molecular complexity index is 371. The molecule has 0 aromatic rings. The predicted molar refractivity (Wildman–Crippen MR) is 99.7 cm³/mol. The third-order valence-corrected chi connectivity index (χ3v) is 8.10. The minimum atomic E-state index is -0.0537. The molecule has 140 valence electrons. The summed E-state index contributed by atoms with van der Waals surface area (Å²) in [5, 5.41) is 20.3. The van der Waals surface area contributed by atoms with Crippen LogP contribution in [0.2, 0.25) is 0 Å². The minimum absolute atomic E-state index is 0.0519. The fourth-order valence-electron chi connectivity index (χ4n) is 6.41. The van der Waals surface area contributed by atoms with Gasteiger partial charge >= 0.3 is 0 Å². The molecule has 2 nitrogen and oxygen atoms in total. The second-order valence-electron chi connectivity index (χ2n) is 9.29. The van der Waals surface area contributed by atoms with Crippen molar-refractivity contribution in [2.45, 2.75) is 103 Å². The SMILES string of the molecule is CCC(O)C1CCC(C2CCC3CC(C(O)CC)CCC3C2)CC1. The van der Waals surface area contributed by atoms with Crippen molar-refractivity contribution in [3.63, 3.8) is 0 Å². The summed E-state index contributed by atoms with van der Waals surface area (Å²) in [6.45, 7) is 4.24. The monoisotopic (exact) mass is 336 g/mol. The zero-order valence-electron chi connectivity index (χ0n) is 16.0. The van der Waals surface area contributed by atoms with Crippen LogP contribution in [-0.2, 0) is 0 Å². The maximum Gasteiger partial charge on any atom is 0.0565 e. The van der Waals surface area contributed by atoms with Crippen LogP contribution in [0.25, 0.3) is 0 Å². The maximum atomic E-state index is 10.2. The van der Waals surface area contributed by atoms with E-state index in [1.807, 2.05) is 0 Å². The van der Waals surface area contributed by atoms with Gasteiger partial charge in [0.2, 0.25) is 0 Å². The first-order valence-corrected chi connectivity index (χ1v) is 11.0. The Kier molecular flexibility index (Phi) is 6.65. The molecule has 0 bridgehead atoms. The molecule has 3 saturated carbocycles. The van der Waals surface area contributed by atoms with Crippen molar-refractivity contribution in [2.24, 2.45) is 35.5 Å². The number of aliphatic hydroxyl groups is 2. The van der Waals surface area contributed by atoms with E-state index in [9.17, 15) is 10.2 Å². The van der Waals surface area contributed by atoms with Gasteiger partial charge in [-0.25, -0.2) is 0 Å². The van der Waals surface area contributed by atoms with E-state index in [-0.39, 0.29) is 12.2 Å². The van der Waals surface area contributed by atoms with Crippen LogP contribution in [0.15, 0.2) is 0 Å². The third-order valence-electron chi connectivity index (χ3n) is 8.10. The fraction of sp³-hybridized carbons (Fsp3) is 1.00. The van der Waals surface area contributed by atoms with Crippen molar-refractivity contribution in [1.29, 1.82) is 0 Å². The van der Waals surface area contributed by atoms with Crippen molar-refractivity contribution in [3.8, 4) is 0 Å². The van der Waals surface area contributed by atoms with Crippen molar-refractivity contribution < 1.29 is 10.2 Å². The van der Waals surface area contributed by atoms with E-state index >= 15 is 0 Å². The fourth-order valence-corrected chi connectivity index (χ4v) is 6.41. The Labute approximate surface area is 149 Å². The maximum absolute atomic E-state index is 10.2. The minimum Gasteiger partial charge on any atom is -0.393 e. The summed E-state index contributed by atoms with van der Waals surface area (Å²) in [5.41, 5.74) is 0. The molecule has 0 amide bonds. The molecule has 3 fully saturated rings. The lowest BCUT2D eigenvalue weighted by Gasteiger charge is -2.46. The molecule has 2 N–H and O–H groups in total. The molecule has 0 aliphatic heterocycles. The lowest BCUT2D eigenvalue weighted by atomic mass is 9.60. The van der Waals surface area contributed by atoms with Crippen molar-refractivity contribution in [2.75, 3.05) is 0 Å². The number of aliphatic hydroxyl groups excluding tert-OH is 2. The van der Waals surface area contributed by atoms with Crippen molar-refractivity contribution in [1.82, 2.24) is 0 Å². The highest BCUT2D eigenvalue weighted by Crippen LogP contribution is 2.49. The molecule has 6 atom stereocenters. The molecular formula is C22H40O2. The van der Waals surface area contributed by atoms with Crippen LogP contribution in [0.1, 0.15) is 90.9 Å². The predicted octanol–water partition coefficient (Wildman–Crippen LogP) is 5.17. The lowest BCUT2D eigenvalue weighted by molar-refractivity contribution is 0.00645. The van der Waals surface area contributed by atoms with Gasteiger partial charge in [-0.05, 0) is 113 Å². The van der Waals surface area contributed by atoms with Gasteiger partial charge in [-0.1, -0.05) is 13.8 Å². The average molecular weight is 337 g/mol. The summed E-state index contributed by atoms with van der Waals surface area (Å²) in [4.78, 5) is 0. The largest absolute Gasteiger partial charge is 0.393 e. The molecule has 3 rings (SSSR count). The molecule has 3 aliphatic rings. The van der Waals surface area contributed by atoms with E-state index in [0.29, 0.717) is 11.8 Å². The standard InChI is InChI=1S/C22H40O2/c1-3-21(23)16-7-5-15(6-8-16)17-9-10-19-14-20(22(24)4-2)12-11-18(19)13-17/h15-24H,3-14H2,1-2H3. The normalized spacial score (nSPS) is 43.0. The zero-order valence-corrected chi connectivity index (χ0v) is 16.0. The first kappa shape index (κ1) is 18.7. The molecule has 6 unspecified atom stereocenters. The molecule has 3 aliphatic carbocycles. The van der Waals surface area contributed by atoms with Crippen LogP contribution < -0.4 is 0 Å². The first-order valence-electron chi connectivity index (χ1n) is 11.0. The smallest absolute Gasteiger partial charge is 0.0565 e. The summed E-state index contributed by atoms with van der Waals surface area (Å²) < 4.78 is 0. The number of fused-ring (bicyclic) bond motifs is 1. The van der Waals surface area contributed by atoms with E-state index in [2.05, 4.69) is 13.8 Å². The Hall–Kier alpha value is -0.0800. The molecular weight excluding hydrogens is 296 g/mol. The second kappa shape index (κ2) is 8.54. The van der Waals surface area contributed by atoms with Gasteiger partial charge in [0.15, 0.2) is 0 Å². The molecule has 0 saturated heterocycles. The van der Waals surface area contributed by atoms with Gasteiger partial charge in [-0.2, -0.15) is 0 Å². The quantitative estimate of drug-likeness (QED) is 0.727. The Balaban J connectivity index is 1.47. The highest BCUT2D eigenvalue weighted by Gasteiger charge is 2.40. The summed E-state index contributed by atoms with van der Waals surface area (Å²) in [5.74, 6) is 4.90. The van der Waals surface area contributed by atoms with Crippen LogP contribution in [0.3, 0.4) is 0 Å². The molecule has 2 heteroatoms. The Morgan fingerprint density at radius 2 is 1.00 bits per heavy atom. The van der Waals surface area contributed by atoms with Crippen LogP contribution in [-0.4, -0.2) is 22.4 Å². The van der Waals surface area contributed by atoms with Crippen molar-refractivity contribution in [3.05, 3.63) is 0 Å². The highest BCUT2D eigenvalue weighted by atomic mass is 16.3. The van der Waals surface area contributed by atoms with Crippen molar-refractivity contribution >= 4 is 0 Å². The van der Waals surface area contributed by atoms with Gasteiger partial charge in [-0.15, -0.1) is 0 Å². The Morgan fingerprint density at radius 1 is 0.583 bits per heavy atom. The van der Waals surface area contributed by atoms with E-state index in [4.69, 9.17) is 0 Å². The first-order chi connectivity index (χ1) is 11.6. The molecule has 0 aromatic heterocycles. The van der Waals surface area contributed by atoms with Gasteiger partial charge < -0.3 is 10.2 Å². The number of rotatable bonds is 5. The van der Waals surface area contributed by atoms with Crippen LogP contribution in [0.4, 0.5) is 0 Å². The molecule has 0 aromatic carbocycles. The van der Waals surface area contributed by atoms with E-state index < -0.39 is 0 Å². The molecule has 0 heterocycles. The van der Waals surface area contributed by atoms with E-state index in [1.54, 1.807) is 0 Å². The van der Waals surface area contributed by atoms with Gasteiger partial charge in [0.1, 0.15) is 0 Å². The van der Waals surface area contributed by atoms with E-state index in [1.165, 1.54) is 64.2 Å². The third kappa shape index (κ3) is 4.18. The van der Waals surface area contributed by atoms with Gasteiger partial charge in [0.05, 0.1) is 12.2 Å². The summed E-state index contributed by atoms with van der Waals surface area (Å²) in [6, 6.07) is 0. The molecule has 24 heavy (non-hydrogen) atoms. The topological polar surface area (TPSA) is 40.5 Å².